The highest BCUT2D eigenvalue weighted by Crippen LogP contribution is 2.22. The summed E-state index contributed by atoms with van der Waals surface area (Å²) in [6, 6.07) is 12.6. The van der Waals surface area contributed by atoms with Crippen molar-refractivity contribution in [3.63, 3.8) is 0 Å². The van der Waals surface area contributed by atoms with Crippen LogP contribution in [0.1, 0.15) is 53.2 Å². The van der Waals surface area contributed by atoms with Crippen LogP contribution in [0.5, 0.6) is 0 Å². The fourth-order valence-corrected chi connectivity index (χ4v) is 3.18. The van der Waals surface area contributed by atoms with Gasteiger partial charge in [0.25, 0.3) is 0 Å². The van der Waals surface area contributed by atoms with E-state index in [0.29, 0.717) is 0 Å². The maximum atomic E-state index is 12.6. The van der Waals surface area contributed by atoms with Crippen molar-refractivity contribution in [3.8, 4) is 0 Å². The van der Waals surface area contributed by atoms with Crippen LogP contribution in [0.25, 0.3) is 0 Å². The third-order valence-electron chi connectivity index (χ3n) is 4.55. The Kier molecular flexibility index (Phi) is 6.39. The quantitative estimate of drug-likeness (QED) is 0.741. The molecule has 0 fully saturated rings. The standard InChI is InChI=1S/C21H27N3O2/c1-13-9-10-15(3)18(11-13)16(4)23-20(25)12-19(24-21(22)26)17-8-6-5-7-14(17)2/h5-11,16,19H,12H2,1-4H3,(H,23,25)(H3,22,24,26). The molecule has 0 spiro atoms. The van der Waals surface area contributed by atoms with Crippen molar-refractivity contribution < 1.29 is 9.59 Å². The second-order valence-electron chi connectivity index (χ2n) is 6.77. The molecule has 2 unspecified atom stereocenters. The highest BCUT2D eigenvalue weighted by molar-refractivity contribution is 5.79. The lowest BCUT2D eigenvalue weighted by Gasteiger charge is -2.22. The number of nitrogens with two attached hydrogens (primary N) is 1. The predicted octanol–water partition coefficient (Wildman–Crippen LogP) is 3.59. The molecule has 2 aromatic rings. The third kappa shape index (κ3) is 5.09. The molecular weight excluding hydrogens is 326 g/mol. The maximum absolute atomic E-state index is 12.6. The molecule has 3 amide bonds. The van der Waals surface area contributed by atoms with Gasteiger partial charge in [0.2, 0.25) is 5.91 Å². The largest absolute Gasteiger partial charge is 0.352 e. The zero-order chi connectivity index (χ0) is 19.3. The lowest BCUT2D eigenvalue weighted by Crippen LogP contribution is -2.37. The molecule has 0 saturated carbocycles. The number of hydrogen-bond acceptors (Lipinski definition) is 2. The summed E-state index contributed by atoms with van der Waals surface area (Å²) >= 11 is 0. The van der Waals surface area contributed by atoms with Crippen LogP contribution in [0, 0.1) is 20.8 Å². The first-order valence-electron chi connectivity index (χ1n) is 8.76. The first-order valence-corrected chi connectivity index (χ1v) is 8.76. The molecule has 0 aromatic heterocycles. The van der Waals surface area contributed by atoms with Crippen LogP contribution in [0.3, 0.4) is 0 Å². The van der Waals surface area contributed by atoms with E-state index in [1.807, 2.05) is 52.0 Å². The molecule has 5 heteroatoms. The van der Waals surface area contributed by atoms with Crippen LogP contribution in [0.2, 0.25) is 0 Å². The molecule has 2 rings (SSSR count). The van der Waals surface area contributed by atoms with Gasteiger partial charge in [0.15, 0.2) is 0 Å². The smallest absolute Gasteiger partial charge is 0.312 e. The summed E-state index contributed by atoms with van der Waals surface area (Å²) in [5.74, 6) is -0.139. The summed E-state index contributed by atoms with van der Waals surface area (Å²) in [5.41, 5.74) is 10.6. The lowest BCUT2D eigenvalue weighted by atomic mass is 9.97. The summed E-state index contributed by atoms with van der Waals surface area (Å²) in [5, 5.41) is 5.71. The number of aryl methyl sites for hydroxylation is 3. The van der Waals surface area contributed by atoms with Gasteiger partial charge in [-0.05, 0) is 49.9 Å². The van der Waals surface area contributed by atoms with E-state index in [2.05, 4.69) is 28.8 Å². The van der Waals surface area contributed by atoms with Crippen molar-refractivity contribution >= 4 is 11.9 Å². The van der Waals surface area contributed by atoms with Gasteiger partial charge >= 0.3 is 6.03 Å². The van der Waals surface area contributed by atoms with Crippen molar-refractivity contribution in [2.45, 2.75) is 46.2 Å². The Bertz CT molecular complexity index is 802. The molecule has 0 radical (unpaired) electrons. The highest BCUT2D eigenvalue weighted by Gasteiger charge is 2.20. The van der Waals surface area contributed by atoms with Gasteiger partial charge in [0.05, 0.1) is 18.5 Å². The van der Waals surface area contributed by atoms with Gasteiger partial charge in [-0.1, -0.05) is 48.0 Å². The van der Waals surface area contributed by atoms with Gasteiger partial charge in [0.1, 0.15) is 0 Å². The highest BCUT2D eigenvalue weighted by atomic mass is 16.2. The number of primary amides is 1. The second kappa shape index (κ2) is 8.52. The number of carbonyl (C=O) groups is 2. The zero-order valence-corrected chi connectivity index (χ0v) is 15.8. The SMILES string of the molecule is Cc1ccc(C)c(C(C)NC(=O)CC(NC(N)=O)c2ccccc2C)c1. The third-order valence-corrected chi connectivity index (χ3v) is 4.55. The van der Waals surface area contributed by atoms with Gasteiger partial charge < -0.3 is 16.4 Å². The van der Waals surface area contributed by atoms with Crippen LogP contribution in [-0.2, 0) is 4.79 Å². The monoisotopic (exact) mass is 353 g/mol. The van der Waals surface area contributed by atoms with Crippen LogP contribution in [-0.4, -0.2) is 11.9 Å². The van der Waals surface area contributed by atoms with Crippen molar-refractivity contribution in [1.82, 2.24) is 10.6 Å². The molecule has 2 aromatic carbocycles. The summed E-state index contributed by atoms with van der Waals surface area (Å²) < 4.78 is 0. The minimum Gasteiger partial charge on any atom is -0.352 e. The first kappa shape index (κ1) is 19.5. The molecule has 0 aliphatic carbocycles. The number of benzene rings is 2. The van der Waals surface area contributed by atoms with E-state index in [9.17, 15) is 9.59 Å². The van der Waals surface area contributed by atoms with Gasteiger partial charge in [-0.3, -0.25) is 4.79 Å². The first-order chi connectivity index (χ1) is 12.3. The molecule has 0 aliphatic heterocycles. The summed E-state index contributed by atoms with van der Waals surface area (Å²) in [6.07, 6.45) is 0.128. The topological polar surface area (TPSA) is 84.2 Å². The molecule has 0 aliphatic rings. The Balaban J connectivity index is 2.13. The lowest BCUT2D eigenvalue weighted by molar-refractivity contribution is -0.122. The van der Waals surface area contributed by atoms with Crippen LogP contribution >= 0.6 is 0 Å². The van der Waals surface area contributed by atoms with E-state index >= 15 is 0 Å². The number of carbonyl (C=O) groups excluding carboxylic acids is 2. The molecular formula is C21H27N3O2. The zero-order valence-electron chi connectivity index (χ0n) is 15.8. The minimum absolute atomic E-state index is 0.117. The molecule has 0 heterocycles. The molecule has 138 valence electrons. The average molecular weight is 353 g/mol. The fraction of sp³-hybridized carbons (Fsp3) is 0.333. The van der Waals surface area contributed by atoms with Crippen molar-refractivity contribution in [2.24, 2.45) is 5.73 Å². The molecule has 5 nitrogen and oxygen atoms in total. The van der Waals surface area contributed by atoms with Gasteiger partial charge in [0, 0.05) is 0 Å². The van der Waals surface area contributed by atoms with E-state index in [4.69, 9.17) is 5.73 Å². The number of nitrogens with one attached hydrogen (secondary N) is 2. The molecule has 2 atom stereocenters. The molecule has 0 bridgehead atoms. The summed E-state index contributed by atoms with van der Waals surface area (Å²) in [4.78, 5) is 24.0. The normalized spacial score (nSPS) is 12.9. The van der Waals surface area contributed by atoms with Gasteiger partial charge in [-0.2, -0.15) is 0 Å². The maximum Gasteiger partial charge on any atom is 0.312 e. The molecule has 26 heavy (non-hydrogen) atoms. The van der Waals surface area contributed by atoms with E-state index < -0.39 is 12.1 Å². The van der Waals surface area contributed by atoms with E-state index in [0.717, 1.165) is 27.8 Å². The summed E-state index contributed by atoms with van der Waals surface area (Å²) in [7, 11) is 0. The number of urea groups is 1. The Hall–Kier alpha value is -2.82. The van der Waals surface area contributed by atoms with E-state index in [1.165, 1.54) is 0 Å². The Morgan fingerprint density at radius 3 is 2.27 bits per heavy atom. The minimum atomic E-state index is -0.645. The second-order valence-corrected chi connectivity index (χ2v) is 6.77. The number of amides is 3. The Morgan fingerprint density at radius 1 is 0.962 bits per heavy atom. The number of rotatable bonds is 6. The van der Waals surface area contributed by atoms with Crippen LogP contribution in [0.15, 0.2) is 42.5 Å². The van der Waals surface area contributed by atoms with E-state index in [1.54, 1.807) is 0 Å². The predicted molar refractivity (Wildman–Crippen MR) is 104 cm³/mol. The Labute approximate surface area is 155 Å². The van der Waals surface area contributed by atoms with Crippen LogP contribution < -0.4 is 16.4 Å². The van der Waals surface area contributed by atoms with Gasteiger partial charge in [-0.25, -0.2) is 4.79 Å². The number of hydrogen-bond donors (Lipinski definition) is 3. The summed E-state index contributed by atoms with van der Waals surface area (Å²) in [6.45, 7) is 7.97. The van der Waals surface area contributed by atoms with Crippen molar-refractivity contribution in [3.05, 3.63) is 70.3 Å². The van der Waals surface area contributed by atoms with Crippen LogP contribution in [0.4, 0.5) is 4.79 Å². The van der Waals surface area contributed by atoms with Gasteiger partial charge in [-0.15, -0.1) is 0 Å². The molecule has 4 N–H and O–H groups in total. The van der Waals surface area contributed by atoms with E-state index in [-0.39, 0.29) is 18.4 Å². The van der Waals surface area contributed by atoms with Crippen molar-refractivity contribution in [2.75, 3.05) is 0 Å². The van der Waals surface area contributed by atoms with Crippen molar-refractivity contribution in [1.29, 1.82) is 0 Å². The Morgan fingerprint density at radius 2 is 1.62 bits per heavy atom. The molecule has 0 saturated heterocycles. The average Bonchev–Trinajstić information content (AvgIpc) is 2.56. The fourth-order valence-electron chi connectivity index (χ4n) is 3.18.